The highest BCUT2D eigenvalue weighted by atomic mass is 35.5. The van der Waals surface area contributed by atoms with Gasteiger partial charge >= 0.3 is 6.18 Å². The Bertz CT molecular complexity index is 217. The Morgan fingerprint density at radius 2 is 1.81 bits per heavy atom. The SMILES string of the molecule is CCC(CC)N(CC(F)(F)F)C(=O)CCCl. The zero-order valence-corrected chi connectivity index (χ0v) is 10.2. The fourth-order valence-corrected chi connectivity index (χ4v) is 1.73. The average Bonchev–Trinajstić information content (AvgIpc) is 2.16. The molecule has 6 heteroatoms. The van der Waals surface area contributed by atoms with Crippen LogP contribution < -0.4 is 0 Å². The van der Waals surface area contributed by atoms with Crippen LogP contribution in [0.1, 0.15) is 33.1 Å². The zero-order chi connectivity index (χ0) is 12.8. The van der Waals surface area contributed by atoms with E-state index in [9.17, 15) is 18.0 Å². The van der Waals surface area contributed by atoms with Gasteiger partial charge in [-0.15, -0.1) is 11.6 Å². The van der Waals surface area contributed by atoms with E-state index in [1.807, 2.05) is 0 Å². The Kier molecular flexibility index (Phi) is 6.79. The minimum absolute atomic E-state index is 0.0475. The van der Waals surface area contributed by atoms with Gasteiger partial charge in [-0.1, -0.05) is 13.8 Å². The van der Waals surface area contributed by atoms with Gasteiger partial charge in [0, 0.05) is 18.3 Å². The zero-order valence-electron chi connectivity index (χ0n) is 9.48. The van der Waals surface area contributed by atoms with Crippen LogP contribution >= 0.6 is 11.6 Å². The molecule has 0 radical (unpaired) electrons. The van der Waals surface area contributed by atoms with E-state index in [-0.39, 0.29) is 18.3 Å². The number of alkyl halides is 4. The molecule has 0 saturated heterocycles. The molecular weight excluding hydrogens is 243 g/mol. The maximum absolute atomic E-state index is 12.3. The van der Waals surface area contributed by atoms with Crippen molar-refractivity contribution in [2.75, 3.05) is 12.4 Å². The highest BCUT2D eigenvalue weighted by molar-refractivity contribution is 6.18. The lowest BCUT2D eigenvalue weighted by Gasteiger charge is -2.31. The number of carbonyl (C=O) groups is 1. The maximum atomic E-state index is 12.3. The van der Waals surface area contributed by atoms with Crippen molar-refractivity contribution in [3.8, 4) is 0 Å². The molecule has 0 aliphatic carbocycles. The molecule has 16 heavy (non-hydrogen) atoms. The fraction of sp³-hybridized carbons (Fsp3) is 0.900. The van der Waals surface area contributed by atoms with Gasteiger partial charge in [-0.3, -0.25) is 4.79 Å². The fourth-order valence-electron chi connectivity index (χ4n) is 1.57. The van der Waals surface area contributed by atoms with Crippen LogP contribution in [0.4, 0.5) is 13.2 Å². The maximum Gasteiger partial charge on any atom is 0.406 e. The summed E-state index contributed by atoms with van der Waals surface area (Å²) >= 11 is 5.37. The lowest BCUT2D eigenvalue weighted by Crippen LogP contribution is -2.45. The van der Waals surface area contributed by atoms with Crippen LogP contribution in [0.25, 0.3) is 0 Å². The molecule has 0 aromatic heterocycles. The number of hydrogen-bond donors (Lipinski definition) is 0. The van der Waals surface area contributed by atoms with Gasteiger partial charge in [0.2, 0.25) is 5.91 Å². The molecule has 1 amide bonds. The van der Waals surface area contributed by atoms with Gasteiger partial charge in [-0.2, -0.15) is 13.2 Å². The third kappa shape index (κ3) is 5.58. The van der Waals surface area contributed by atoms with Crippen LogP contribution in [0.2, 0.25) is 0 Å². The van der Waals surface area contributed by atoms with E-state index in [4.69, 9.17) is 11.6 Å². The number of nitrogens with zero attached hydrogens (tertiary/aromatic N) is 1. The predicted molar refractivity (Wildman–Crippen MR) is 57.5 cm³/mol. The molecule has 96 valence electrons. The molecule has 0 atom stereocenters. The van der Waals surface area contributed by atoms with E-state index < -0.39 is 18.6 Å². The summed E-state index contributed by atoms with van der Waals surface area (Å²) < 4.78 is 36.9. The average molecular weight is 260 g/mol. The van der Waals surface area contributed by atoms with Crippen LogP contribution in [-0.2, 0) is 4.79 Å². The molecule has 0 aliphatic rings. The van der Waals surface area contributed by atoms with Gasteiger partial charge in [0.15, 0.2) is 0 Å². The Morgan fingerprint density at radius 1 is 1.31 bits per heavy atom. The molecule has 0 N–H and O–H groups in total. The topological polar surface area (TPSA) is 20.3 Å². The lowest BCUT2D eigenvalue weighted by molar-refractivity contribution is -0.165. The number of rotatable bonds is 6. The minimum Gasteiger partial charge on any atom is -0.331 e. The first-order chi connectivity index (χ1) is 7.35. The second kappa shape index (κ2) is 6.99. The molecule has 0 rings (SSSR count). The van der Waals surface area contributed by atoms with Crippen LogP contribution in [0, 0.1) is 0 Å². The lowest BCUT2D eigenvalue weighted by atomic mass is 10.1. The largest absolute Gasteiger partial charge is 0.406 e. The first-order valence-electron chi connectivity index (χ1n) is 5.27. The number of carbonyl (C=O) groups excluding carboxylic acids is 1. The van der Waals surface area contributed by atoms with Gasteiger partial charge in [0.05, 0.1) is 0 Å². The van der Waals surface area contributed by atoms with Gasteiger partial charge in [-0.25, -0.2) is 0 Å². The summed E-state index contributed by atoms with van der Waals surface area (Å²) in [5.41, 5.74) is 0. The van der Waals surface area contributed by atoms with Gasteiger partial charge in [0.25, 0.3) is 0 Å². The van der Waals surface area contributed by atoms with Crippen LogP contribution in [-0.4, -0.2) is 35.4 Å². The van der Waals surface area contributed by atoms with Gasteiger partial charge in [-0.05, 0) is 12.8 Å². The molecule has 0 aromatic carbocycles. The number of halogens is 4. The molecule has 0 bridgehead atoms. The van der Waals surface area contributed by atoms with E-state index >= 15 is 0 Å². The predicted octanol–water partition coefficient (Wildman–Crippen LogP) is 3.19. The summed E-state index contributed by atoms with van der Waals surface area (Å²) in [4.78, 5) is 12.4. The van der Waals surface area contributed by atoms with Gasteiger partial charge in [0.1, 0.15) is 6.54 Å². The summed E-state index contributed by atoms with van der Waals surface area (Å²) in [5.74, 6) is -0.478. The third-order valence-electron chi connectivity index (χ3n) is 2.36. The van der Waals surface area contributed by atoms with Crippen molar-refractivity contribution in [1.29, 1.82) is 0 Å². The van der Waals surface area contributed by atoms with E-state index in [1.165, 1.54) is 0 Å². The molecule has 2 nitrogen and oxygen atoms in total. The van der Waals surface area contributed by atoms with Crippen molar-refractivity contribution < 1.29 is 18.0 Å². The van der Waals surface area contributed by atoms with Gasteiger partial charge < -0.3 is 4.90 Å². The number of amides is 1. The Balaban J connectivity index is 4.68. The highest BCUT2D eigenvalue weighted by Gasteiger charge is 2.35. The quantitative estimate of drug-likeness (QED) is 0.671. The Hall–Kier alpha value is -0.450. The molecule has 0 fully saturated rings. The third-order valence-corrected chi connectivity index (χ3v) is 2.55. The van der Waals surface area contributed by atoms with Crippen LogP contribution in [0.3, 0.4) is 0 Å². The monoisotopic (exact) mass is 259 g/mol. The minimum atomic E-state index is -4.36. The second-order valence-electron chi connectivity index (χ2n) is 3.55. The highest BCUT2D eigenvalue weighted by Crippen LogP contribution is 2.21. The van der Waals surface area contributed by atoms with Crippen molar-refractivity contribution >= 4 is 17.5 Å². The molecule has 0 spiro atoms. The summed E-state index contributed by atoms with van der Waals surface area (Å²) in [6.07, 6.45) is -3.38. The van der Waals surface area contributed by atoms with Crippen LogP contribution in [0.5, 0.6) is 0 Å². The molecular formula is C10H17ClF3NO. The Morgan fingerprint density at radius 3 is 2.12 bits per heavy atom. The molecule has 0 aromatic rings. The summed E-state index contributed by atoms with van der Waals surface area (Å²) in [6.45, 7) is 2.35. The smallest absolute Gasteiger partial charge is 0.331 e. The van der Waals surface area contributed by atoms with E-state index in [1.54, 1.807) is 13.8 Å². The second-order valence-corrected chi connectivity index (χ2v) is 3.92. The van der Waals surface area contributed by atoms with Crippen LogP contribution in [0.15, 0.2) is 0 Å². The molecule has 0 saturated carbocycles. The van der Waals surface area contributed by atoms with Crippen molar-refractivity contribution in [2.24, 2.45) is 0 Å². The summed E-state index contributed by atoms with van der Waals surface area (Å²) in [5, 5.41) is 0. The van der Waals surface area contributed by atoms with Crippen molar-refractivity contribution in [1.82, 2.24) is 4.90 Å². The standard InChI is InChI=1S/C10H17ClF3NO/c1-3-8(4-2)15(7-10(12,13)14)9(16)5-6-11/h8H,3-7H2,1-2H3. The van der Waals surface area contributed by atoms with E-state index in [2.05, 4.69) is 0 Å². The normalized spacial score (nSPS) is 11.9. The number of hydrogen-bond acceptors (Lipinski definition) is 1. The van der Waals surface area contributed by atoms with E-state index in [0.29, 0.717) is 12.8 Å². The Labute approximate surface area is 98.7 Å². The van der Waals surface area contributed by atoms with E-state index in [0.717, 1.165) is 4.90 Å². The molecule has 0 aliphatic heterocycles. The summed E-state index contributed by atoms with van der Waals surface area (Å²) in [7, 11) is 0. The molecule has 0 heterocycles. The first kappa shape index (κ1) is 15.6. The van der Waals surface area contributed by atoms with Crippen molar-refractivity contribution in [3.63, 3.8) is 0 Å². The summed E-state index contributed by atoms with van der Waals surface area (Å²) in [6, 6.07) is -0.364. The molecule has 0 unspecified atom stereocenters. The van der Waals surface area contributed by atoms with Crippen molar-refractivity contribution in [2.45, 2.75) is 45.3 Å². The first-order valence-corrected chi connectivity index (χ1v) is 5.81. The van der Waals surface area contributed by atoms with Crippen molar-refractivity contribution in [3.05, 3.63) is 0 Å².